The molecule has 1 aromatic heterocycles. The van der Waals surface area contributed by atoms with Gasteiger partial charge in [-0.1, -0.05) is 81.9 Å². The molecule has 0 radical (unpaired) electrons. The van der Waals surface area contributed by atoms with Crippen LogP contribution in [0.3, 0.4) is 0 Å². The average molecular weight is 462 g/mol. The Labute approximate surface area is 206 Å². The summed E-state index contributed by atoms with van der Waals surface area (Å²) in [6, 6.07) is 13.6. The van der Waals surface area contributed by atoms with Crippen LogP contribution in [0.2, 0.25) is 0 Å². The molecular formula is C31H43NO2. The summed E-state index contributed by atoms with van der Waals surface area (Å²) in [5.74, 6) is 0.758. The zero-order chi connectivity index (χ0) is 24.0. The molecule has 1 aromatic carbocycles. The molecule has 1 N–H and O–H groups in total. The quantitative estimate of drug-likeness (QED) is 0.226. The van der Waals surface area contributed by atoms with Crippen LogP contribution in [0.4, 0.5) is 0 Å². The minimum Gasteiger partial charge on any atom is -0.478 e. The summed E-state index contributed by atoms with van der Waals surface area (Å²) in [4.78, 5) is 15.2. The summed E-state index contributed by atoms with van der Waals surface area (Å²) in [7, 11) is 0. The molecule has 1 fully saturated rings. The van der Waals surface area contributed by atoms with Crippen LogP contribution in [0.15, 0.2) is 54.7 Å². The van der Waals surface area contributed by atoms with Crippen molar-refractivity contribution >= 4 is 5.97 Å². The first-order chi connectivity index (χ1) is 16.7. The maximum absolute atomic E-state index is 10.5. The van der Waals surface area contributed by atoms with Crippen molar-refractivity contribution in [3.05, 3.63) is 65.9 Å². The molecule has 0 atom stereocenters. The van der Waals surface area contributed by atoms with E-state index in [2.05, 4.69) is 49.5 Å². The summed E-state index contributed by atoms with van der Waals surface area (Å²) >= 11 is 0. The Hall–Kier alpha value is -2.42. The van der Waals surface area contributed by atoms with Gasteiger partial charge in [0.2, 0.25) is 0 Å². The number of benzene rings is 1. The van der Waals surface area contributed by atoms with E-state index in [1.807, 2.05) is 0 Å². The first-order valence-corrected chi connectivity index (χ1v) is 13.6. The van der Waals surface area contributed by atoms with Crippen molar-refractivity contribution in [1.82, 2.24) is 4.98 Å². The van der Waals surface area contributed by atoms with E-state index >= 15 is 0 Å². The fourth-order valence-corrected chi connectivity index (χ4v) is 5.27. The molecule has 1 aliphatic rings. The Balaban J connectivity index is 1.35. The van der Waals surface area contributed by atoms with Gasteiger partial charge in [-0.3, -0.25) is 4.98 Å². The summed E-state index contributed by atoms with van der Waals surface area (Å²) in [5.41, 5.74) is 5.13. The molecule has 0 aliphatic heterocycles. The Kier molecular flexibility index (Phi) is 11.4. The van der Waals surface area contributed by atoms with Gasteiger partial charge in [0.05, 0.1) is 5.69 Å². The first-order valence-electron chi connectivity index (χ1n) is 13.6. The minimum absolute atomic E-state index is 0.709. The Morgan fingerprint density at radius 1 is 0.941 bits per heavy atom. The van der Waals surface area contributed by atoms with Crippen molar-refractivity contribution in [3.8, 4) is 11.3 Å². The maximum atomic E-state index is 10.5. The minimum atomic E-state index is -0.841. The molecule has 3 nitrogen and oxygen atoms in total. The van der Waals surface area contributed by atoms with Crippen molar-refractivity contribution in [2.45, 2.75) is 103 Å². The number of nitrogens with zero attached hydrogens (tertiary/aromatic N) is 1. The molecule has 1 heterocycles. The van der Waals surface area contributed by atoms with Crippen LogP contribution in [0.5, 0.6) is 0 Å². The molecule has 0 amide bonds. The lowest BCUT2D eigenvalue weighted by molar-refractivity contribution is -0.131. The second-order valence-corrected chi connectivity index (χ2v) is 10.1. The van der Waals surface area contributed by atoms with E-state index in [0.29, 0.717) is 5.92 Å². The number of carboxylic acid groups (broad SMARTS) is 1. The lowest BCUT2D eigenvalue weighted by Gasteiger charge is -2.29. The van der Waals surface area contributed by atoms with Gasteiger partial charge >= 0.3 is 5.97 Å². The molecule has 0 bridgehead atoms. The topological polar surface area (TPSA) is 50.2 Å². The number of hydrogen-bond acceptors (Lipinski definition) is 2. The number of rotatable bonds is 14. The van der Waals surface area contributed by atoms with Crippen LogP contribution in [-0.4, -0.2) is 16.1 Å². The molecule has 0 saturated heterocycles. The Morgan fingerprint density at radius 2 is 1.71 bits per heavy atom. The number of allylic oxidation sites excluding steroid dienone is 1. The normalized spacial score (nSPS) is 18.4. The summed E-state index contributed by atoms with van der Waals surface area (Å²) < 4.78 is 0. The summed E-state index contributed by atoms with van der Waals surface area (Å²) in [6.07, 6.45) is 22.5. The van der Waals surface area contributed by atoms with E-state index in [1.54, 1.807) is 6.08 Å². The molecule has 1 saturated carbocycles. The van der Waals surface area contributed by atoms with E-state index < -0.39 is 5.97 Å². The summed E-state index contributed by atoms with van der Waals surface area (Å²) in [5, 5.41) is 8.60. The highest BCUT2D eigenvalue weighted by Gasteiger charge is 2.22. The second-order valence-electron chi connectivity index (χ2n) is 10.1. The van der Waals surface area contributed by atoms with Gasteiger partial charge in [0.25, 0.3) is 0 Å². The van der Waals surface area contributed by atoms with Crippen molar-refractivity contribution in [1.29, 1.82) is 0 Å². The third-order valence-corrected chi connectivity index (χ3v) is 7.41. The van der Waals surface area contributed by atoms with Gasteiger partial charge in [0.15, 0.2) is 0 Å². The van der Waals surface area contributed by atoms with E-state index in [0.717, 1.165) is 30.9 Å². The maximum Gasteiger partial charge on any atom is 0.327 e. The zero-order valence-corrected chi connectivity index (χ0v) is 21.1. The number of aromatic nitrogens is 1. The fraction of sp³-hybridized carbons (Fsp3) is 0.548. The number of aryl methyl sites for hydroxylation is 1. The van der Waals surface area contributed by atoms with E-state index in [4.69, 9.17) is 10.1 Å². The van der Waals surface area contributed by atoms with Gasteiger partial charge in [-0.15, -0.1) is 0 Å². The third-order valence-electron chi connectivity index (χ3n) is 7.41. The third kappa shape index (κ3) is 9.08. The summed E-state index contributed by atoms with van der Waals surface area (Å²) in [6.45, 7) is 2.24. The molecular weight excluding hydrogens is 418 g/mol. The molecule has 1 aliphatic carbocycles. The molecule has 3 heteroatoms. The Bertz CT molecular complexity index is 861. The zero-order valence-electron chi connectivity index (χ0n) is 21.1. The molecule has 2 aromatic rings. The number of unbranched alkanes of at least 4 members (excludes halogenated alkanes) is 6. The second kappa shape index (κ2) is 14.8. The van der Waals surface area contributed by atoms with Crippen molar-refractivity contribution in [3.63, 3.8) is 0 Å². The molecule has 0 unspecified atom stereocenters. The van der Waals surface area contributed by atoms with Crippen LogP contribution in [-0.2, 0) is 11.2 Å². The average Bonchev–Trinajstić information content (AvgIpc) is 2.86. The predicted octanol–water partition coefficient (Wildman–Crippen LogP) is 8.74. The molecule has 0 spiro atoms. The van der Waals surface area contributed by atoms with Crippen molar-refractivity contribution in [2.75, 3.05) is 0 Å². The van der Waals surface area contributed by atoms with Crippen LogP contribution in [0.25, 0.3) is 11.3 Å². The standard InChI is InChI=1S/C31H43NO2/c1-2-3-8-12-26-16-23-30(32-24-26)29-21-19-28(20-22-29)27-17-14-25(15-18-27)11-9-6-4-5-7-10-13-31(33)34/h10,13,16,19-25,27H,2-9,11-12,14-15,17-18H2,1H3,(H,33,34)/b13-10+. The van der Waals surface area contributed by atoms with Crippen molar-refractivity contribution < 1.29 is 9.90 Å². The highest BCUT2D eigenvalue weighted by atomic mass is 16.4. The van der Waals surface area contributed by atoms with Gasteiger partial charge in [0, 0.05) is 17.8 Å². The Morgan fingerprint density at radius 3 is 2.38 bits per heavy atom. The van der Waals surface area contributed by atoms with E-state index in [1.165, 1.54) is 93.4 Å². The lowest BCUT2D eigenvalue weighted by Crippen LogP contribution is -2.13. The smallest absolute Gasteiger partial charge is 0.327 e. The number of aliphatic carboxylic acids is 1. The highest BCUT2D eigenvalue weighted by Crippen LogP contribution is 2.38. The van der Waals surface area contributed by atoms with E-state index in [-0.39, 0.29) is 0 Å². The predicted molar refractivity (Wildman–Crippen MR) is 142 cm³/mol. The van der Waals surface area contributed by atoms with Gasteiger partial charge < -0.3 is 5.11 Å². The highest BCUT2D eigenvalue weighted by molar-refractivity contribution is 5.79. The van der Waals surface area contributed by atoms with Crippen LogP contribution < -0.4 is 0 Å². The van der Waals surface area contributed by atoms with Gasteiger partial charge in [-0.25, -0.2) is 4.79 Å². The van der Waals surface area contributed by atoms with Crippen LogP contribution in [0.1, 0.15) is 107 Å². The van der Waals surface area contributed by atoms with E-state index in [9.17, 15) is 4.79 Å². The largest absolute Gasteiger partial charge is 0.478 e. The van der Waals surface area contributed by atoms with Gasteiger partial charge in [-0.05, 0) is 80.4 Å². The van der Waals surface area contributed by atoms with Gasteiger partial charge in [0.1, 0.15) is 0 Å². The monoisotopic (exact) mass is 461 g/mol. The molecule has 34 heavy (non-hydrogen) atoms. The number of pyridine rings is 1. The number of hydrogen-bond donors (Lipinski definition) is 1. The number of carbonyl (C=O) groups is 1. The van der Waals surface area contributed by atoms with Crippen LogP contribution in [0, 0.1) is 5.92 Å². The first kappa shape index (κ1) is 26.2. The lowest BCUT2D eigenvalue weighted by atomic mass is 9.77. The fourth-order valence-electron chi connectivity index (χ4n) is 5.27. The number of carboxylic acids is 1. The van der Waals surface area contributed by atoms with Crippen LogP contribution >= 0.6 is 0 Å². The van der Waals surface area contributed by atoms with Crippen molar-refractivity contribution in [2.24, 2.45) is 5.92 Å². The van der Waals surface area contributed by atoms with Gasteiger partial charge in [-0.2, -0.15) is 0 Å². The molecule has 184 valence electrons. The SMILES string of the molecule is CCCCCc1ccc(-c2ccc(C3CCC(CCCCCC/C=C/C(=O)O)CC3)cc2)nc1. The molecule has 3 rings (SSSR count).